The quantitative estimate of drug-likeness (QED) is 0.711. The molecule has 0 saturated carbocycles. The van der Waals surface area contributed by atoms with Gasteiger partial charge in [-0.1, -0.05) is 18.2 Å². The molecule has 1 aromatic heterocycles. The lowest BCUT2D eigenvalue weighted by Crippen LogP contribution is -2.27. The molecule has 0 saturated heterocycles. The Morgan fingerprint density at radius 3 is 2.53 bits per heavy atom. The number of aryl methyl sites for hydroxylation is 1. The first kappa shape index (κ1) is 11.2. The molecule has 5 nitrogen and oxygen atoms in total. The van der Waals surface area contributed by atoms with Crippen LogP contribution in [-0.2, 0) is 6.42 Å². The number of aromatic hydroxyl groups is 1. The summed E-state index contributed by atoms with van der Waals surface area (Å²) in [6.07, 6.45) is 0.282. The number of H-pyrrole nitrogens is 2. The largest absolute Gasteiger partial charge is 0.508 e. The molecule has 0 fully saturated rings. The van der Waals surface area contributed by atoms with Crippen LogP contribution in [0.1, 0.15) is 16.8 Å². The van der Waals surface area contributed by atoms with Crippen molar-refractivity contribution in [3.63, 3.8) is 0 Å². The predicted octanol–water partition coefficient (Wildman–Crippen LogP) is 0.668. The molecule has 0 atom stereocenters. The summed E-state index contributed by atoms with van der Waals surface area (Å²) in [5, 5.41) is 9.62. The van der Waals surface area contributed by atoms with Crippen LogP contribution in [0.2, 0.25) is 0 Å². The van der Waals surface area contributed by atoms with Gasteiger partial charge in [0.1, 0.15) is 5.75 Å². The molecule has 0 aliphatic rings. The van der Waals surface area contributed by atoms with Crippen LogP contribution in [0.3, 0.4) is 0 Å². The molecule has 0 aliphatic carbocycles. The Bertz CT molecular complexity index is 655. The highest BCUT2D eigenvalue weighted by atomic mass is 16.3. The third-order valence-electron chi connectivity index (χ3n) is 2.61. The normalized spacial score (nSPS) is 10.4. The highest BCUT2D eigenvalue weighted by Gasteiger charge is 2.09. The van der Waals surface area contributed by atoms with E-state index in [4.69, 9.17) is 0 Å². The Labute approximate surface area is 96.8 Å². The van der Waals surface area contributed by atoms with Crippen LogP contribution in [0.25, 0.3) is 0 Å². The van der Waals surface area contributed by atoms with E-state index in [0.29, 0.717) is 16.8 Å². The number of phenolic OH excluding ortho intramolecular Hbond substituents is 1. The van der Waals surface area contributed by atoms with Gasteiger partial charge in [-0.2, -0.15) is 0 Å². The molecule has 17 heavy (non-hydrogen) atoms. The first-order valence-corrected chi connectivity index (χ1v) is 5.17. The minimum atomic E-state index is -0.520. The van der Waals surface area contributed by atoms with E-state index >= 15 is 0 Å². The number of phenols is 1. The third kappa shape index (κ3) is 2.28. The topological polar surface area (TPSA) is 86.0 Å². The van der Waals surface area contributed by atoms with Crippen LogP contribution in [0, 0.1) is 6.92 Å². The standard InChI is InChI=1S/C12H12N2O3/c1-7-9(11(16)14-12(17)13-7)6-8-4-2-3-5-10(8)15/h2-5,15H,6H2,1H3,(H2,13,14,16,17). The zero-order valence-electron chi connectivity index (χ0n) is 9.28. The minimum Gasteiger partial charge on any atom is -0.508 e. The monoisotopic (exact) mass is 232 g/mol. The van der Waals surface area contributed by atoms with Gasteiger partial charge in [0, 0.05) is 17.7 Å². The van der Waals surface area contributed by atoms with Gasteiger partial charge in [-0.25, -0.2) is 4.79 Å². The third-order valence-corrected chi connectivity index (χ3v) is 2.61. The zero-order valence-corrected chi connectivity index (χ0v) is 9.28. The van der Waals surface area contributed by atoms with Crippen molar-refractivity contribution in [1.82, 2.24) is 9.97 Å². The molecule has 2 aromatic rings. The summed E-state index contributed by atoms with van der Waals surface area (Å²) in [5.74, 6) is 0.137. The van der Waals surface area contributed by atoms with E-state index < -0.39 is 11.2 Å². The van der Waals surface area contributed by atoms with Gasteiger partial charge in [0.25, 0.3) is 5.56 Å². The Kier molecular flexibility index (Phi) is 2.82. The SMILES string of the molecule is Cc1[nH]c(=O)[nH]c(=O)c1Cc1ccccc1O. The number of hydrogen-bond acceptors (Lipinski definition) is 3. The maximum absolute atomic E-state index is 11.6. The molecule has 0 unspecified atom stereocenters. The molecule has 5 heteroatoms. The Morgan fingerprint density at radius 2 is 1.88 bits per heavy atom. The van der Waals surface area contributed by atoms with E-state index in [1.807, 2.05) is 0 Å². The van der Waals surface area contributed by atoms with Gasteiger partial charge in [-0.15, -0.1) is 0 Å². The summed E-state index contributed by atoms with van der Waals surface area (Å²) >= 11 is 0. The van der Waals surface area contributed by atoms with Crippen LogP contribution in [-0.4, -0.2) is 15.1 Å². The molecule has 0 radical (unpaired) electrons. The van der Waals surface area contributed by atoms with Gasteiger partial charge in [0.05, 0.1) is 0 Å². The fourth-order valence-electron chi connectivity index (χ4n) is 1.69. The average molecular weight is 232 g/mol. The second kappa shape index (κ2) is 4.29. The van der Waals surface area contributed by atoms with Gasteiger partial charge < -0.3 is 10.1 Å². The van der Waals surface area contributed by atoms with Crippen LogP contribution in [0.4, 0.5) is 0 Å². The first-order chi connectivity index (χ1) is 8.08. The summed E-state index contributed by atoms with van der Waals surface area (Å²) in [6, 6.07) is 6.79. The first-order valence-electron chi connectivity index (χ1n) is 5.17. The smallest absolute Gasteiger partial charge is 0.325 e. The lowest BCUT2D eigenvalue weighted by molar-refractivity contribution is 0.469. The van der Waals surface area contributed by atoms with E-state index in [0.717, 1.165) is 0 Å². The molecule has 88 valence electrons. The molecule has 0 spiro atoms. The van der Waals surface area contributed by atoms with E-state index in [1.54, 1.807) is 31.2 Å². The van der Waals surface area contributed by atoms with Gasteiger partial charge in [-0.05, 0) is 18.6 Å². The van der Waals surface area contributed by atoms with Gasteiger partial charge in [0.15, 0.2) is 0 Å². The van der Waals surface area contributed by atoms with E-state index in [9.17, 15) is 14.7 Å². The summed E-state index contributed by atoms with van der Waals surface area (Å²) in [6.45, 7) is 1.66. The number of rotatable bonds is 2. The van der Waals surface area contributed by atoms with Gasteiger partial charge in [-0.3, -0.25) is 9.78 Å². The summed E-state index contributed by atoms with van der Waals surface area (Å²) in [5.41, 5.74) is 0.671. The summed E-state index contributed by atoms with van der Waals surface area (Å²) in [4.78, 5) is 27.3. The summed E-state index contributed by atoms with van der Waals surface area (Å²) in [7, 11) is 0. The minimum absolute atomic E-state index is 0.137. The molecule has 3 N–H and O–H groups in total. The van der Waals surface area contributed by atoms with Crippen LogP contribution >= 0.6 is 0 Å². The Morgan fingerprint density at radius 1 is 1.18 bits per heavy atom. The Balaban J connectivity index is 2.48. The van der Waals surface area contributed by atoms with Crippen molar-refractivity contribution in [2.75, 3.05) is 0 Å². The molecule has 1 aromatic carbocycles. The maximum atomic E-state index is 11.6. The van der Waals surface area contributed by atoms with Crippen molar-refractivity contribution in [1.29, 1.82) is 0 Å². The average Bonchev–Trinajstić information content (AvgIpc) is 2.25. The molecular formula is C12H12N2O3. The molecule has 2 rings (SSSR count). The molecule has 0 bridgehead atoms. The fraction of sp³-hybridized carbons (Fsp3) is 0.167. The molecule has 0 amide bonds. The van der Waals surface area contributed by atoms with Crippen molar-refractivity contribution >= 4 is 0 Å². The number of benzene rings is 1. The summed E-state index contributed by atoms with van der Waals surface area (Å²) < 4.78 is 0. The zero-order chi connectivity index (χ0) is 12.4. The number of hydrogen-bond donors (Lipinski definition) is 3. The van der Waals surface area contributed by atoms with Crippen molar-refractivity contribution < 1.29 is 5.11 Å². The molecule has 1 heterocycles. The van der Waals surface area contributed by atoms with Crippen molar-refractivity contribution in [3.05, 3.63) is 61.9 Å². The number of aromatic nitrogens is 2. The van der Waals surface area contributed by atoms with Crippen LogP contribution in [0.5, 0.6) is 5.75 Å². The number of nitrogens with one attached hydrogen (secondary N) is 2. The van der Waals surface area contributed by atoms with Crippen LogP contribution in [0.15, 0.2) is 33.9 Å². The fourth-order valence-corrected chi connectivity index (χ4v) is 1.69. The second-order valence-electron chi connectivity index (χ2n) is 3.82. The highest BCUT2D eigenvalue weighted by molar-refractivity contribution is 5.36. The highest BCUT2D eigenvalue weighted by Crippen LogP contribution is 2.18. The van der Waals surface area contributed by atoms with E-state index in [1.165, 1.54) is 0 Å². The lowest BCUT2D eigenvalue weighted by Gasteiger charge is -2.05. The maximum Gasteiger partial charge on any atom is 0.325 e. The van der Waals surface area contributed by atoms with Crippen molar-refractivity contribution in [3.8, 4) is 5.75 Å². The molecular weight excluding hydrogens is 220 g/mol. The second-order valence-corrected chi connectivity index (χ2v) is 3.82. The van der Waals surface area contributed by atoms with Crippen molar-refractivity contribution in [2.45, 2.75) is 13.3 Å². The van der Waals surface area contributed by atoms with Gasteiger partial charge in [0.2, 0.25) is 0 Å². The predicted molar refractivity (Wildman–Crippen MR) is 63.3 cm³/mol. The Hall–Kier alpha value is -2.30. The molecule has 0 aliphatic heterocycles. The van der Waals surface area contributed by atoms with E-state index in [-0.39, 0.29) is 12.2 Å². The van der Waals surface area contributed by atoms with E-state index in [2.05, 4.69) is 9.97 Å². The van der Waals surface area contributed by atoms with Crippen molar-refractivity contribution in [2.24, 2.45) is 0 Å². The lowest BCUT2D eigenvalue weighted by atomic mass is 10.0. The van der Waals surface area contributed by atoms with Gasteiger partial charge >= 0.3 is 5.69 Å². The number of para-hydroxylation sites is 1. The van der Waals surface area contributed by atoms with Crippen LogP contribution < -0.4 is 11.2 Å². The number of aromatic amines is 2.